The van der Waals surface area contributed by atoms with E-state index in [1.807, 2.05) is 37.3 Å². The van der Waals surface area contributed by atoms with Gasteiger partial charge in [-0.25, -0.2) is 4.39 Å². The zero-order valence-electron chi connectivity index (χ0n) is 17.6. The van der Waals surface area contributed by atoms with Crippen LogP contribution < -0.4 is 5.32 Å². The summed E-state index contributed by atoms with van der Waals surface area (Å²) in [5, 5.41) is 2.99. The van der Waals surface area contributed by atoms with Crippen LogP contribution in [-0.4, -0.2) is 12.2 Å². The van der Waals surface area contributed by atoms with E-state index < -0.39 is 0 Å². The molecule has 1 aliphatic carbocycles. The molecule has 0 unspecified atom stereocenters. The molecule has 3 aromatic carbocycles. The highest BCUT2D eigenvalue weighted by Gasteiger charge is 2.21. The predicted molar refractivity (Wildman–Crippen MR) is 128 cm³/mol. The quantitative estimate of drug-likeness (QED) is 0.453. The Kier molecular flexibility index (Phi) is 6.38. The van der Waals surface area contributed by atoms with Crippen molar-refractivity contribution in [1.82, 2.24) is 5.32 Å². The van der Waals surface area contributed by atoms with Crippen LogP contribution in [0.3, 0.4) is 0 Å². The summed E-state index contributed by atoms with van der Waals surface area (Å²) in [5.74, 6) is -0.370. The number of thioether (sulfide) groups is 1. The van der Waals surface area contributed by atoms with Crippen molar-refractivity contribution in [3.8, 4) is 0 Å². The highest BCUT2D eigenvalue weighted by molar-refractivity contribution is 7.98. The lowest BCUT2D eigenvalue weighted by atomic mass is 10.0. The molecule has 1 N–H and O–H groups in total. The SMILES string of the molecule is CSc1ccc(C=C2C=C(CC(=O)NCc3ccccc3C)c3cc(F)ccc32)cc1. The van der Waals surface area contributed by atoms with Crippen molar-refractivity contribution in [2.24, 2.45) is 0 Å². The third-order valence-corrected chi connectivity index (χ3v) is 6.24. The lowest BCUT2D eigenvalue weighted by Crippen LogP contribution is -2.23. The highest BCUT2D eigenvalue weighted by Crippen LogP contribution is 2.38. The maximum Gasteiger partial charge on any atom is 0.224 e. The van der Waals surface area contributed by atoms with Crippen molar-refractivity contribution >= 4 is 34.9 Å². The summed E-state index contributed by atoms with van der Waals surface area (Å²) in [4.78, 5) is 13.9. The van der Waals surface area contributed by atoms with Crippen LogP contribution >= 0.6 is 11.8 Å². The van der Waals surface area contributed by atoms with E-state index in [4.69, 9.17) is 0 Å². The fourth-order valence-corrected chi connectivity index (χ4v) is 4.17. The van der Waals surface area contributed by atoms with Crippen LogP contribution in [0.15, 0.2) is 77.7 Å². The molecule has 4 heteroatoms. The van der Waals surface area contributed by atoms with E-state index in [2.05, 4.69) is 41.9 Å². The molecule has 4 rings (SSSR count). The monoisotopic (exact) mass is 429 g/mol. The normalized spacial score (nSPS) is 13.8. The Morgan fingerprint density at radius 1 is 1.03 bits per heavy atom. The van der Waals surface area contributed by atoms with Gasteiger partial charge in [0.25, 0.3) is 0 Å². The van der Waals surface area contributed by atoms with E-state index in [1.165, 1.54) is 17.0 Å². The second-order valence-corrected chi connectivity index (χ2v) is 8.49. The molecule has 3 aromatic rings. The fourth-order valence-electron chi connectivity index (χ4n) is 3.76. The van der Waals surface area contributed by atoms with E-state index in [9.17, 15) is 9.18 Å². The molecule has 0 radical (unpaired) electrons. The summed E-state index contributed by atoms with van der Waals surface area (Å²) in [6.45, 7) is 2.52. The Morgan fingerprint density at radius 3 is 2.55 bits per heavy atom. The molecule has 0 bridgehead atoms. The van der Waals surface area contributed by atoms with Crippen LogP contribution in [0.4, 0.5) is 4.39 Å². The van der Waals surface area contributed by atoms with E-state index >= 15 is 0 Å². The van der Waals surface area contributed by atoms with Gasteiger partial charge >= 0.3 is 0 Å². The lowest BCUT2D eigenvalue weighted by Gasteiger charge is -2.09. The van der Waals surface area contributed by atoms with Crippen LogP contribution in [0.5, 0.6) is 0 Å². The third kappa shape index (κ3) is 4.97. The molecular weight excluding hydrogens is 405 g/mol. The van der Waals surface area contributed by atoms with Gasteiger partial charge in [0.1, 0.15) is 5.82 Å². The van der Waals surface area contributed by atoms with Gasteiger partial charge in [-0.05, 0) is 88.6 Å². The van der Waals surface area contributed by atoms with Crippen molar-refractivity contribution in [2.45, 2.75) is 24.8 Å². The first-order valence-corrected chi connectivity index (χ1v) is 11.4. The summed E-state index contributed by atoms with van der Waals surface area (Å²) in [7, 11) is 0. The molecule has 1 aliphatic rings. The minimum Gasteiger partial charge on any atom is -0.352 e. The average Bonchev–Trinajstić information content (AvgIpc) is 3.09. The van der Waals surface area contributed by atoms with Gasteiger partial charge < -0.3 is 5.32 Å². The summed E-state index contributed by atoms with van der Waals surface area (Å²) in [5.41, 5.74) is 6.89. The molecule has 0 spiro atoms. The third-order valence-electron chi connectivity index (χ3n) is 5.49. The summed E-state index contributed by atoms with van der Waals surface area (Å²) >= 11 is 1.70. The van der Waals surface area contributed by atoms with Gasteiger partial charge in [-0.2, -0.15) is 0 Å². The molecule has 0 aliphatic heterocycles. The Balaban J connectivity index is 1.55. The van der Waals surface area contributed by atoms with E-state index in [0.29, 0.717) is 6.54 Å². The first kappa shape index (κ1) is 21.1. The minimum atomic E-state index is -0.296. The van der Waals surface area contributed by atoms with Gasteiger partial charge in [-0.15, -0.1) is 11.8 Å². The minimum absolute atomic E-state index is 0.0738. The number of allylic oxidation sites excluding steroid dienone is 2. The number of fused-ring (bicyclic) bond motifs is 1. The molecular formula is C27H24FNOS. The number of rotatable bonds is 6. The summed E-state index contributed by atoms with van der Waals surface area (Å²) in [6, 6.07) is 21.1. The van der Waals surface area contributed by atoms with Crippen molar-refractivity contribution in [3.05, 3.63) is 106 Å². The topological polar surface area (TPSA) is 29.1 Å². The highest BCUT2D eigenvalue weighted by atomic mass is 32.2. The van der Waals surface area contributed by atoms with E-state index in [-0.39, 0.29) is 18.1 Å². The first-order valence-electron chi connectivity index (χ1n) is 10.2. The Labute approximate surface area is 186 Å². The van der Waals surface area contributed by atoms with Gasteiger partial charge in [0, 0.05) is 11.4 Å². The second-order valence-electron chi connectivity index (χ2n) is 7.61. The number of hydrogen-bond donors (Lipinski definition) is 1. The molecule has 2 nitrogen and oxygen atoms in total. The molecule has 156 valence electrons. The maximum atomic E-state index is 14.0. The van der Waals surface area contributed by atoms with Crippen LogP contribution in [-0.2, 0) is 11.3 Å². The molecule has 0 saturated heterocycles. The van der Waals surface area contributed by atoms with Crippen molar-refractivity contribution in [1.29, 1.82) is 0 Å². The standard InChI is InChI=1S/C27H24FNOS/c1-18-5-3-4-6-20(18)17-29-27(30)15-22-14-21(25-12-9-23(28)16-26(22)25)13-19-7-10-24(31-2)11-8-19/h3-14,16H,15,17H2,1-2H3,(H,29,30). The Morgan fingerprint density at radius 2 is 1.81 bits per heavy atom. The second kappa shape index (κ2) is 9.36. The van der Waals surface area contributed by atoms with Crippen LogP contribution in [0.1, 0.15) is 34.2 Å². The smallest absolute Gasteiger partial charge is 0.224 e. The van der Waals surface area contributed by atoms with Gasteiger partial charge in [0.05, 0.1) is 6.42 Å². The van der Waals surface area contributed by atoms with E-state index in [1.54, 1.807) is 17.8 Å². The largest absolute Gasteiger partial charge is 0.352 e. The van der Waals surface area contributed by atoms with Crippen molar-refractivity contribution in [2.75, 3.05) is 6.26 Å². The number of carbonyl (C=O) groups is 1. The number of hydrogen-bond acceptors (Lipinski definition) is 2. The number of carbonyl (C=O) groups excluding carboxylic acids is 1. The van der Waals surface area contributed by atoms with Crippen LogP contribution in [0, 0.1) is 12.7 Å². The molecule has 0 saturated carbocycles. The molecule has 0 aromatic heterocycles. The van der Waals surface area contributed by atoms with Gasteiger partial charge in [0.2, 0.25) is 5.91 Å². The van der Waals surface area contributed by atoms with Gasteiger partial charge in [-0.1, -0.05) is 42.5 Å². The molecule has 0 atom stereocenters. The molecule has 0 heterocycles. The first-order chi connectivity index (χ1) is 15.0. The molecule has 0 fully saturated rings. The van der Waals surface area contributed by atoms with Crippen LogP contribution in [0.25, 0.3) is 17.2 Å². The number of halogens is 1. The zero-order valence-corrected chi connectivity index (χ0v) is 18.4. The van der Waals surface area contributed by atoms with Crippen LogP contribution in [0.2, 0.25) is 0 Å². The van der Waals surface area contributed by atoms with Crippen molar-refractivity contribution < 1.29 is 9.18 Å². The zero-order chi connectivity index (χ0) is 21.8. The number of nitrogens with one attached hydrogen (secondary N) is 1. The fraction of sp³-hybridized carbons (Fsp3) is 0.148. The van der Waals surface area contributed by atoms with E-state index in [0.717, 1.165) is 39.0 Å². The Hall–Kier alpha value is -3.11. The molecule has 31 heavy (non-hydrogen) atoms. The predicted octanol–water partition coefficient (Wildman–Crippen LogP) is 6.50. The summed E-state index contributed by atoms with van der Waals surface area (Å²) < 4.78 is 14.0. The van der Waals surface area contributed by atoms with Gasteiger partial charge in [0.15, 0.2) is 0 Å². The average molecular weight is 430 g/mol. The summed E-state index contributed by atoms with van der Waals surface area (Å²) in [6.07, 6.45) is 6.35. The Bertz CT molecular complexity index is 1180. The van der Waals surface area contributed by atoms with Gasteiger partial charge in [-0.3, -0.25) is 4.79 Å². The van der Waals surface area contributed by atoms with Crippen molar-refractivity contribution in [3.63, 3.8) is 0 Å². The number of benzene rings is 3. The molecule has 1 amide bonds. The maximum absolute atomic E-state index is 14.0. The number of aryl methyl sites for hydroxylation is 1. The lowest BCUT2D eigenvalue weighted by molar-refractivity contribution is -0.120. The number of amides is 1.